The minimum Gasteiger partial charge on any atom is -0.294 e. The van der Waals surface area contributed by atoms with E-state index >= 15 is 0 Å². The number of rotatable bonds is 0. The van der Waals surface area contributed by atoms with Crippen molar-refractivity contribution in [1.82, 2.24) is 5.32 Å². The van der Waals surface area contributed by atoms with Crippen molar-refractivity contribution in [3.8, 4) is 0 Å². The zero-order valence-corrected chi connectivity index (χ0v) is 6.99. The van der Waals surface area contributed by atoms with Gasteiger partial charge in [-0.15, -0.1) is 23.5 Å². The molecule has 0 atom stereocenters. The molecule has 2 saturated heterocycles. The van der Waals surface area contributed by atoms with Crippen molar-refractivity contribution in [2.75, 3.05) is 18.1 Å². The van der Waals surface area contributed by atoms with E-state index in [4.69, 9.17) is 0 Å². The Balaban J connectivity index is 1.93. The molecule has 52 valence electrons. The molecular formula is C6H11NS2. The molecule has 0 aromatic heterocycles. The molecule has 1 nitrogen and oxygen atoms in total. The van der Waals surface area contributed by atoms with Crippen LogP contribution in [0.5, 0.6) is 0 Å². The third kappa shape index (κ3) is 1.10. The van der Waals surface area contributed by atoms with E-state index in [1.54, 1.807) is 0 Å². The molecule has 0 aromatic rings. The Hall–Kier alpha value is 0.660. The van der Waals surface area contributed by atoms with E-state index in [1.165, 1.54) is 30.9 Å². The zero-order chi connectivity index (χ0) is 6.16. The standard InChI is InChI=1S/C6H11NS2/c1-4-8-6(9-5-1)2-3-7-6/h7H,1-5H2. The van der Waals surface area contributed by atoms with Gasteiger partial charge in [-0.3, -0.25) is 5.32 Å². The Bertz CT molecular complexity index is 104. The normalized spacial score (nSPS) is 32.0. The van der Waals surface area contributed by atoms with Crippen LogP contribution in [0.3, 0.4) is 0 Å². The Morgan fingerprint density at radius 2 is 1.89 bits per heavy atom. The van der Waals surface area contributed by atoms with Crippen LogP contribution in [0.2, 0.25) is 0 Å². The summed E-state index contributed by atoms with van der Waals surface area (Å²) in [6, 6.07) is 0. The molecule has 2 fully saturated rings. The lowest BCUT2D eigenvalue weighted by atomic mass is 10.3. The van der Waals surface area contributed by atoms with Crippen molar-refractivity contribution in [2.45, 2.75) is 17.0 Å². The average Bonchev–Trinajstić information content (AvgIpc) is 1.87. The number of nitrogens with one attached hydrogen (secondary N) is 1. The first-order chi connectivity index (χ1) is 4.41. The maximum Gasteiger partial charge on any atom is 0.113 e. The Kier molecular flexibility index (Phi) is 1.67. The van der Waals surface area contributed by atoms with Crippen molar-refractivity contribution in [3.05, 3.63) is 0 Å². The second kappa shape index (κ2) is 2.36. The second-order valence-corrected chi connectivity index (χ2v) is 5.53. The highest BCUT2D eigenvalue weighted by atomic mass is 32.2. The predicted octanol–water partition coefficient (Wildman–Crippen LogP) is 1.50. The lowest BCUT2D eigenvalue weighted by molar-refractivity contribution is 0.445. The smallest absolute Gasteiger partial charge is 0.113 e. The van der Waals surface area contributed by atoms with Crippen LogP contribution in [-0.4, -0.2) is 22.3 Å². The lowest BCUT2D eigenvalue weighted by Crippen LogP contribution is -2.53. The summed E-state index contributed by atoms with van der Waals surface area (Å²) in [7, 11) is 0. The maximum absolute atomic E-state index is 3.49. The van der Waals surface area contributed by atoms with Crippen molar-refractivity contribution >= 4 is 23.5 Å². The van der Waals surface area contributed by atoms with Gasteiger partial charge in [0.05, 0.1) is 0 Å². The molecule has 2 rings (SSSR count). The molecule has 2 heterocycles. The van der Waals surface area contributed by atoms with Gasteiger partial charge in [-0.05, 0) is 24.3 Å². The fourth-order valence-electron chi connectivity index (χ4n) is 1.15. The summed E-state index contributed by atoms with van der Waals surface area (Å²) in [4.78, 5) is 0. The molecule has 9 heavy (non-hydrogen) atoms. The SMILES string of the molecule is C1CSC2(CCN2)SC1. The topological polar surface area (TPSA) is 12.0 Å². The van der Waals surface area contributed by atoms with Crippen LogP contribution in [0.1, 0.15) is 12.8 Å². The molecule has 2 aliphatic rings. The summed E-state index contributed by atoms with van der Waals surface area (Å²) in [5.74, 6) is 2.72. The Morgan fingerprint density at radius 3 is 2.22 bits per heavy atom. The third-order valence-electron chi connectivity index (χ3n) is 1.81. The average molecular weight is 161 g/mol. The van der Waals surface area contributed by atoms with Gasteiger partial charge in [0, 0.05) is 6.54 Å². The van der Waals surface area contributed by atoms with Gasteiger partial charge in [-0.25, -0.2) is 0 Å². The molecule has 3 heteroatoms. The van der Waals surface area contributed by atoms with E-state index in [2.05, 4.69) is 28.8 Å². The van der Waals surface area contributed by atoms with Gasteiger partial charge in [0.25, 0.3) is 0 Å². The van der Waals surface area contributed by atoms with Gasteiger partial charge < -0.3 is 0 Å². The van der Waals surface area contributed by atoms with E-state index in [9.17, 15) is 0 Å². The first-order valence-corrected chi connectivity index (χ1v) is 5.41. The van der Waals surface area contributed by atoms with E-state index in [0.717, 1.165) is 0 Å². The van der Waals surface area contributed by atoms with E-state index in [0.29, 0.717) is 4.20 Å². The lowest BCUT2D eigenvalue weighted by Gasteiger charge is -2.44. The van der Waals surface area contributed by atoms with Crippen LogP contribution in [0, 0.1) is 0 Å². The number of hydrogen-bond donors (Lipinski definition) is 1. The molecule has 0 saturated carbocycles. The van der Waals surface area contributed by atoms with Gasteiger partial charge >= 0.3 is 0 Å². The molecule has 0 aliphatic carbocycles. The molecule has 0 unspecified atom stereocenters. The third-order valence-corrected chi connectivity index (χ3v) is 5.13. The summed E-state index contributed by atoms with van der Waals surface area (Å²) >= 11 is 4.21. The van der Waals surface area contributed by atoms with Gasteiger partial charge in [0.1, 0.15) is 4.20 Å². The highest BCUT2D eigenvalue weighted by Gasteiger charge is 2.38. The molecule has 0 bridgehead atoms. The first-order valence-electron chi connectivity index (χ1n) is 3.44. The fourth-order valence-corrected chi connectivity index (χ4v) is 4.30. The Morgan fingerprint density at radius 1 is 1.22 bits per heavy atom. The van der Waals surface area contributed by atoms with Gasteiger partial charge in [-0.2, -0.15) is 0 Å². The van der Waals surface area contributed by atoms with E-state index in [1.807, 2.05) is 0 Å². The molecular weight excluding hydrogens is 150 g/mol. The molecule has 0 aromatic carbocycles. The summed E-state index contributed by atoms with van der Waals surface area (Å²) in [5.41, 5.74) is 0. The van der Waals surface area contributed by atoms with Crippen LogP contribution >= 0.6 is 23.5 Å². The Labute approximate surface area is 64.3 Å². The number of hydrogen-bond acceptors (Lipinski definition) is 3. The fraction of sp³-hybridized carbons (Fsp3) is 1.00. The molecule has 1 N–H and O–H groups in total. The quantitative estimate of drug-likeness (QED) is 0.578. The summed E-state index contributed by atoms with van der Waals surface area (Å²) < 4.78 is 0.484. The predicted molar refractivity (Wildman–Crippen MR) is 44.9 cm³/mol. The van der Waals surface area contributed by atoms with Crippen molar-refractivity contribution in [1.29, 1.82) is 0 Å². The van der Waals surface area contributed by atoms with Crippen molar-refractivity contribution in [3.63, 3.8) is 0 Å². The van der Waals surface area contributed by atoms with Crippen LogP contribution < -0.4 is 5.32 Å². The summed E-state index contributed by atoms with van der Waals surface area (Å²) in [6.45, 7) is 1.24. The van der Waals surface area contributed by atoms with Crippen molar-refractivity contribution in [2.24, 2.45) is 0 Å². The van der Waals surface area contributed by atoms with Gasteiger partial charge in [0.2, 0.25) is 0 Å². The monoisotopic (exact) mass is 161 g/mol. The number of thioether (sulfide) groups is 2. The van der Waals surface area contributed by atoms with Crippen LogP contribution in [-0.2, 0) is 0 Å². The van der Waals surface area contributed by atoms with Crippen molar-refractivity contribution < 1.29 is 0 Å². The van der Waals surface area contributed by atoms with Crippen LogP contribution in [0.15, 0.2) is 0 Å². The molecule has 0 amide bonds. The minimum atomic E-state index is 0.484. The molecule has 2 aliphatic heterocycles. The van der Waals surface area contributed by atoms with Crippen LogP contribution in [0.25, 0.3) is 0 Å². The highest BCUT2D eigenvalue weighted by molar-refractivity contribution is 8.18. The van der Waals surface area contributed by atoms with E-state index < -0.39 is 0 Å². The summed E-state index contributed by atoms with van der Waals surface area (Å²) in [5, 5.41) is 3.49. The highest BCUT2D eigenvalue weighted by Crippen LogP contribution is 2.45. The maximum atomic E-state index is 3.49. The van der Waals surface area contributed by atoms with Gasteiger partial charge in [-0.1, -0.05) is 0 Å². The van der Waals surface area contributed by atoms with E-state index in [-0.39, 0.29) is 0 Å². The minimum absolute atomic E-state index is 0.484. The van der Waals surface area contributed by atoms with Gasteiger partial charge in [0.15, 0.2) is 0 Å². The molecule has 0 radical (unpaired) electrons. The summed E-state index contributed by atoms with van der Waals surface area (Å²) in [6.07, 6.45) is 2.78. The van der Waals surface area contributed by atoms with Crippen LogP contribution in [0.4, 0.5) is 0 Å². The first kappa shape index (κ1) is 6.38. The largest absolute Gasteiger partial charge is 0.294 e. The second-order valence-electron chi connectivity index (χ2n) is 2.48. The zero-order valence-electron chi connectivity index (χ0n) is 5.35. The molecule has 1 spiro atoms.